The van der Waals surface area contributed by atoms with E-state index in [2.05, 4.69) is 10.3 Å². The number of amides is 1. The minimum Gasteiger partial charge on any atom is -0.483 e. The lowest BCUT2D eigenvalue weighted by Gasteiger charge is -2.10. The van der Waals surface area contributed by atoms with Gasteiger partial charge in [0.15, 0.2) is 6.61 Å². The molecule has 0 aliphatic heterocycles. The fraction of sp³-hybridized carbons (Fsp3) is 0.0500. The average molecular weight is 316 g/mol. The maximum atomic E-state index is 12.3. The van der Waals surface area contributed by atoms with Gasteiger partial charge in [0.25, 0.3) is 5.91 Å². The first-order valence-electron chi connectivity index (χ1n) is 7.78. The summed E-state index contributed by atoms with van der Waals surface area (Å²) in [6.45, 7) is -0.0342. The van der Waals surface area contributed by atoms with Gasteiger partial charge in [0, 0.05) is 28.2 Å². The summed E-state index contributed by atoms with van der Waals surface area (Å²) in [5.74, 6) is 0.515. The number of carbonyl (C=O) groups is 1. The topological polar surface area (TPSA) is 54.1 Å². The molecule has 4 nitrogen and oxygen atoms in total. The number of fused-ring (bicyclic) bond motifs is 2. The molecule has 1 amide bonds. The number of nitrogens with one attached hydrogen (secondary N) is 2. The predicted octanol–water partition coefficient (Wildman–Crippen LogP) is 4.34. The second-order valence-electron chi connectivity index (χ2n) is 5.56. The lowest BCUT2D eigenvalue weighted by atomic mass is 10.1. The first-order chi connectivity index (χ1) is 11.8. The van der Waals surface area contributed by atoms with Gasteiger partial charge >= 0.3 is 0 Å². The van der Waals surface area contributed by atoms with Gasteiger partial charge in [0.2, 0.25) is 0 Å². The Kier molecular flexibility index (Phi) is 3.63. The maximum absolute atomic E-state index is 12.3. The molecular formula is C20H16N2O2. The summed E-state index contributed by atoms with van der Waals surface area (Å²) in [6, 6.07) is 21.5. The molecule has 24 heavy (non-hydrogen) atoms. The molecule has 0 aliphatic carbocycles. The third kappa shape index (κ3) is 2.70. The van der Waals surface area contributed by atoms with Crippen molar-refractivity contribution in [1.82, 2.24) is 4.98 Å². The van der Waals surface area contributed by atoms with Crippen LogP contribution >= 0.6 is 0 Å². The van der Waals surface area contributed by atoms with Gasteiger partial charge in [-0.05, 0) is 29.7 Å². The lowest BCUT2D eigenvalue weighted by Crippen LogP contribution is -2.20. The molecule has 1 heterocycles. The highest BCUT2D eigenvalue weighted by Crippen LogP contribution is 2.25. The summed E-state index contributed by atoms with van der Waals surface area (Å²) in [5.41, 5.74) is 1.78. The zero-order valence-electron chi connectivity index (χ0n) is 13.0. The highest BCUT2D eigenvalue weighted by atomic mass is 16.5. The number of ether oxygens (including phenoxy) is 1. The van der Waals surface area contributed by atoms with Gasteiger partial charge in [0.1, 0.15) is 5.75 Å². The number of benzene rings is 3. The fourth-order valence-corrected chi connectivity index (χ4v) is 2.85. The summed E-state index contributed by atoms with van der Waals surface area (Å²) in [7, 11) is 0. The Hall–Kier alpha value is -3.27. The molecular weight excluding hydrogens is 300 g/mol. The van der Waals surface area contributed by atoms with Gasteiger partial charge in [-0.1, -0.05) is 42.5 Å². The van der Waals surface area contributed by atoms with E-state index in [9.17, 15) is 4.79 Å². The van der Waals surface area contributed by atoms with Gasteiger partial charge in [-0.2, -0.15) is 0 Å². The van der Waals surface area contributed by atoms with Crippen molar-refractivity contribution in [2.45, 2.75) is 0 Å². The Labute approximate surface area is 139 Å². The van der Waals surface area contributed by atoms with Gasteiger partial charge in [0.05, 0.1) is 0 Å². The van der Waals surface area contributed by atoms with Crippen LogP contribution < -0.4 is 10.1 Å². The molecule has 0 bridgehead atoms. The molecule has 0 aliphatic rings. The van der Waals surface area contributed by atoms with E-state index in [4.69, 9.17) is 4.74 Å². The van der Waals surface area contributed by atoms with E-state index >= 15 is 0 Å². The van der Waals surface area contributed by atoms with Crippen LogP contribution in [0, 0.1) is 0 Å². The first kappa shape index (κ1) is 14.3. The Bertz CT molecular complexity index is 1010. The molecule has 118 valence electrons. The van der Waals surface area contributed by atoms with Crippen LogP contribution in [-0.2, 0) is 4.79 Å². The zero-order valence-corrected chi connectivity index (χ0v) is 13.0. The van der Waals surface area contributed by atoms with Crippen LogP contribution in [-0.4, -0.2) is 17.5 Å². The molecule has 0 saturated heterocycles. The second-order valence-corrected chi connectivity index (χ2v) is 5.56. The van der Waals surface area contributed by atoms with E-state index in [0.29, 0.717) is 5.75 Å². The van der Waals surface area contributed by atoms with E-state index in [-0.39, 0.29) is 12.5 Å². The number of anilines is 1. The minimum atomic E-state index is -0.182. The monoisotopic (exact) mass is 316 g/mol. The molecule has 0 saturated carbocycles. The van der Waals surface area contributed by atoms with Gasteiger partial charge < -0.3 is 15.0 Å². The molecule has 0 unspecified atom stereocenters. The van der Waals surface area contributed by atoms with E-state index in [1.165, 1.54) is 0 Å². The smallest absolute Gasteiger partial charge is 0.262 e. The Morgan fingerprint density at radius 1 is 0.917 bits per heavy atom. The van der Waals surface area contributed by atoms with Crippen LogP contribution in [0.2, 0.25) is 0 Å². The number of carbonyl (C=O) groups excluding carboxylic acids is 1. The lowest BCUT2D eigenvalue weighted by molar-refractivity contribution is -0.118. The number of aromatic nitrogens is 1. The summed E-state index contributed by atoms with van der Waals surface area (Å²) in [4.78, 5) is 15.4. The minimum absolute atomic E-state index is 0.0342. The van der Waals surface area contributed by atoms with Crippen molar-refractivity contribution < 1.29 is 9.53 Å². The summed E-state index contributed by atoms with van der Waals surface area (Å²) < 4.78 is 5.69. The molecule has 0 fully saturated rings. The standard InChI is InChI=1S/C20H16N2O2/c23-20(13-24-19-10-4-8-17-16(19)11-12-21-17)22-18-9-3-6-14-5-1-2-7-15(14)18/h1-12,21H,13H2,(H,22,23). The third-order valence-electron chi connectivity index (χ3n) is 3.98. The molecule has 0 atom stereocenters. The summed E-state index contributed by atoms with van der Waals surface area (Å²) >= 11 is 0. The number of hydrogen-bond acceptors (Lipinski definition) is 2. The van der Waals surface area contributed by atoms with Crippen molar-refractivity contribution >= 4 is 33.3 Å². The molecule has 2 N–H and O–H groups in total. The molecule has 0 radical (unpaired) electrons. The van der Waals surface area contributed by atoms with Crippen LogP contribution in [0.5, 0.6) is 5.75 Å². The van der Waals surface area contributed by atoms with Crippen molar-refractivity contribution in [3.8, 4) is 5.75 Å². The van der Waals surface area contributed by atoms with Crippen LogP contribution in [0.25, 0.3) is 21.7 Å². The quantitative estimate of drug-likeness (QED) is 0.588. The molecule has 4 aromatic rings. The highest BCUT2D eigenvalue weighted by Gasteiger charge is 2.08. The Morgan fingerprint density at radius 2 is 1.75 bits per heavy atom. The second kappa shape index (κ2) is 6.08. The molecule has 4 heteroatoms. The van der Waals surface area contributed by atoms with Crippen molar-refractivity contribution in [2.75, 3.05) is 11.9 Å². The zero-order chi connectivity index (χ0) is 16.4. The summed E-state index contributed by atoms with van der Waals surface area (Å²) in [6.07, 6.45) is 1.85. The average Bonchev–Trinajstić information content (AvgIpc) is 3.09. The molecule has 1 aromatic heterocycles. The normalized spacial score (nSPS) is 10.8. The van der Waals surface area contributed by atoms with Gasteiger partial charge in [-0.15, -0.1) is 0 Å². The number of hydrogen-bond donors (Lipinski definition) is 2. The van der Waals surface area contributed by atoms with Crippen LogP contribution in [0.4, 0.5) is 5.69 Å². The van der Waals surface area contributed by atoms with E-state index in [1.807, 2.05) is 72.9 Å². The van der Waals surface area contributed by atoms with Crippen LogP contribution in [0.3, 0.4) is 0 Å². The fourth-order valence-electron chi connectivity index (χ4n) is 2.85. The van der Waals surface area contributed by atoms with Crippen molar-refractivity contribution in [2.24, 2.45) is 0 Å². The number of rotatable bonds is 4. The number of aromatic amines is 1. The van der Waals surface area contributed by atoms with E-state index in [0.717, 1.165) is 27.4 Å². The first-order valence-corrected chi connectivity index (χ1v) is 7.78. The van der Waals surface area contributed by atoms with Crippen molar-refractivity contribution in [3.63, 3.8) is 0 Å². The highest BCUT2D eigenvalue weighted by molar-refractivity contribution is 6.02. The van der Waals surface area contributed by atoms with Crippen molar-refractivity contribution in [1.29, 1.82) is 0 Å². The molecule has 0 spiro atoms. The van der Waals surface area contributed by atoms with Crippen LogP contribution in [0.1, 0.15) is 0 Å². The van der Waals surface area contributed by atoms with Gasteiger partial charge in [-0.3, -0.25) is 4.79 Å². The van der Waals surface area contributed by atoms with E-state index < -0.39 is 0 Å². The number of H-pyrrole nitrogens is 1. The molecule has 4 rings (SSSR count). The van der Waals surface area contributed by atoms with Gasteiger partial charge in [-0.25, -0.2) is 0 Å². The third-order valence-corrected chi connectivity index (χ3v) is 3.98. The Morgan fingerprint density at radius 3 is 2.71 bits per heavy atom. The largest absolute Gasteiger partial charge is 0.483 e. The Balaban J connectivity index is 1.50. The maximum Gasteiger partial charge on any atom is 0.262 e. The van der Waals surface area contributed by atoms with Crippen LogP contribution in [0.15, 0.2) is 72.9 Å². The molecule has 3 aromatic carbocycles. The SMILES string of the molecule is O=C(COc1cccc2[nH]ccc12)Nc1cccc2ccccc12. The van der Waals surface area contributed by atoms with Crippen molar-refractivity contribution in [3.05, 3.63) is 72.9 Å². The predicted molar refractivity (Wildman–Crippen MR) is 96.4 cm³/mol. The van der Waals surface area contributed by atoms with E-state index in [1.54, 1.807) is 0 Å². The summed E-state index contributed by atoms with van der Waals surface area (Å²) in [5, 5.41) is 6.00.